The van der Waals surface area contributed by atoms with Gasteiger partial charge in [-0.2, -0.15) is 0 Å². The predicted molar refractivity (Wildman–Crippen MR) is 109 cm³/mol. The Labute approximate surface area is 162 Å². The molecule has 2 atom stereocenters. The predicted octanol–water partition coefficient (Wildman–Crippen LogP) is 2.67. The number of amides is 2. The van der Waals surface area contributed by atoms with Gasteiger partial charge in [-0.15, -0.1) is 12.4 Å². The average Bonchev–Trinajstić information content (AvgIpc) is 3.09. The van der Waals surface area contributed by atoms with Crippen LogP contribution >= 0.6 is 12.4 Å². The Bertz CT molecular complexity index is 591. The number of nitrogens with one attached hydrogen (secondary N) is 2. The molecule has 0 radical (unpaired) electrons. The molecule has 146 valence electrons. The Kier molecular flexibility index (Phi) is 9.44. The van der Waals surface area contributed by atoms with E-state index in [0.717, 1.165) is 30.9 Å². The van der Waals surface area contributed by atoms with Crippen molar-refractivity contribution in [2.45, 2.75) is 58.0 Å². The van der Waals surface area contributed by atoms with Crippen LogP contribution in [0.4, 0.5) is 11.4 Å². The van der Waals surface area contributed by atoms with E-state index in [1.165, 1.54) is 12.8 Å². The second-order valence-electron chi connectivity index (χ2n) is 6.80. The number of benzene rings is 1. The summed E-state index contributed by atoms with van der Waals surface area (Å²) < 4.78 is 0. The van der Waals surface area contributed by atoms with Crippen LogP contribution in [0.15, 0.2) is 24.3 Å². The Morgan fingerprint density at radius 1 is 1.27 bits per heavy atom. The molecule has 7 heteroatoms. The molecule has 2 unspecified atom stereocenters. The van der Waals surface area contributed by atoms with Gasteiger partial charge in [0.25, 0.3) is 0 Å². The second-order valence-corrected chi connectivity index (χ2v) is 6.80. The number of carbonyl (C=O) groups is 2. The fourth-order valence-corrected chi connectivity index (χ4v) is 3.09. The van der Waals surface area contributed by atoms with Crippen molar-refractivity contribution in [3.8, 4) is 0 Å². The van der Waals surface area contributed by atoms with Crippen molar-refractivity contribution in [2.75, 3.05) is 23.3 Å². The minimum Gasteiger partial charge on any atom is -0.371 e. The molecular formula is C19H31ClN4O2. The molecule has 1 aliphatic rings. The van der Waals surface area contributed by atoms with E-state index in [1.54, 1.807) is 0 Å². The summed E-state index contributed by atoms with van der Waals surface area (Å²) >= 11 is 0. The van der Waals surface area contributed by atoms with E-state index < -0.39 is 6.04 Å². The molecule has 1 saturated heterocycles. The van der Waals surface area contributed by atoms with Crippen molar-refractivity contribution >= 4 is 35.6 Å². The molecule has 0 saturated carbocycles. The number of rotatable bonds is 8. The Morgan fingerprint density at radius 2 is 1.96 bits per heavy atom. The van der Waals surface area contributed by atoms with Gasteiger partial charge in [-0.25, -0.2) is 0 Å². The molecule has 0 bridgehead atoms. The topological polar surface area (TPSA) is 87.5 Å². The quantitative estimate of drug-likeness (QED) is 0.645. The van der Waals surface area contributed by atoms with Gasteiger partial charge < -0.3 is 21.3 Å². The maximum atomic E-state index is 12.2. The molecule has 2 rings (SSSR count). The monoisotopic (exact) mass is 382 g/mol. The minimum atomic E-state index is -0.507. The van der Waals surface area contributed by atoms with Crippen LogP contribution in [0.2, 0.25) is 0 Å². The van der Waals surface area contributed by atoms with Crippen LogP contribution in [-0.4, -0.2) is 37.0 Å². The molecule has 1 fully saturated rings. The average molecular weight is 383 g/mol. The van der Waals surface area contributed by atoms with Crippen molar-refractivity contribution in [3.63, 3.8) is 0 Å². The maximum absolute atomic E-state index is 12.2. The summed E-state index contributed by atoms with van der Waals surface area (Å²) in [6.07, 6.45) is 4.16. The highest BCUT2D eigenvalue weighted by molar-refractivity contribution is 5.92. The van der Waals surface area contributed by atoms with Gasteiger partial charge in [0.05, 0.1) is 6.04 Å². The summed E-state index contributed by atoms with van der Waals surface area (Å²) in [5, 5.41) is 5.72. The SMILES string of the molecule is CCCC(N)C(=O)NC(C)CC(=O)Nc1cccc(N2CCCC2)c1.Cl. The molecule has 1 aromatic carbocycles. The fourth-order valence-electron chi connectivity index (χ4n) is 3.09. The summed E-state index contributed by atoms with van der Waals surface area (Å²) in [5.74, 6) is -0.311. The number of hydrogen-bond donors (Lipinski definition) is 3. The molecule has 1 heterocycles. The number of nitrogens with zero attached hydrogens (tertiary/aromatic N) is 1. The lowest BCUT2D eigenvalue weighted by molar-refractivity contribution is -0.123. The van der Waals surface area contributed by atoms with E-state index in [0.29, 0.717) is 6.42 Å². The minimum absolute atomic E-state index is 0. The summed E-state index contributed by atoms with van der Waals surface area (Å²) in [6, 6.07) is 7.16. The third kappa shape index (κ3) is 6.84. The first kappa shape index (κ1) is 22.3. The van der Waals surface area contributed by atoms with E-state index in [9.17, 15) is 9.59 Å². The molecule has 0 aliphatic carbocycles. The van der Waals surface area contributed by atoms with Crippen molar-refractivity contribution in [1.82, 2.24) is 5.32 Å². The van der Waals surface area contributed by atoms with Gasteiger partial charge in [-0.3, -0.25) is 9.59 Å². The summed E-state index contributed by atoms with van der Waals surface area (Å²) in [7, 11) is 0. The molecule has 26 heavy (non-hydrogen) atoms. The molecule has 1 aromatic rings. The van der Waals surface area contributed by atoms with E-state index >= 15 is 0 Å². The third-order valence-corrected chi connectivity index (χ3v) is 4.42. The number of halogens is 1. The molecular weight excluding hydrogens is 352 g/mol. The van der Waals surface area contributed by atoms with Crippen LogP contribution in [-0.2, 0) is 9.59 Å². The van der Waals surface area contributed by atoms with Crippen molar-refractivity contribution in [3.05, 3.63) is 24.3 Å². The Morgan fingerprint density at radius 3 is 2.62 bits per heavy atom. The molecule has 1 aliphatic heterocycles. The number of hydrogen-bond acceptors (Lipinski definition) is 4. The first-order valence-corrected chi connectivity index (χ1v) is 9.20. The van der Waals surface area contributed by atoms with Crippen molar-refractivity contribution in [2.24, 2.45) is 5.73 Å². The van der Waals surface area contributed by atoms with E-state index in [-0.39, 0.29) is 36.7 Å². The zero-order chi connectivity index (χ0) is 18.2. The van der Waals surface area contributed by atoms with Gasteiger partial charge in [0.1, 0.15) is 0 Å². The van der Waals surface area contributed by atoms with Gasteiger partial charge in [-0.1, -0.05) is 19.4 Å². The Hall–Kier alpha value is -1.79. The fraction of sp³-hybridized carbons (Fsp3) is 0.579. The standard InChI is InChI=1S/C19H30N4O2.ClH/c1-3-7-17(20)19(25)21-14(2)12-18(24)22-15-8-6-9-16(13-15)23-10-4-5-11-23;/h6,8-9,13-14,17H,3-5,7,10-12,20H2,1-2H3,(H,21,25)(H,22,24);1H. The van der Waals surface area contributed by atoms with E-state index in [4.69, 9.17) is 5.73 Å². The van der Waals surface area contributed by atoms with Crippen LogP contribution in [0.1, 0.15) is 46.0 Å². The molecule has 6 nitrogen and oxygen atoms in total. The van der Waals surface area contributed by atoms with Crippen LogP contribution in [0.25, 0.3) is 0 Å². The highest BCUT2D eigenvalue weighted by Crippen LogP contribution is 2.23. The number of carbonyl (C=O) groups excluding carboxylic acids is 2. The summed E-state index contributed by atoms with van der Waals surface area (Å²) in [5.41, 5.74) is 7.72. The van der Waals surface area contributed by atoms with Gasteiger partial charge in [-0.05, 0) is 44.4 Å². The lowest BCUT2D eigenvalue weighted by Gasteiger charge is -2.19. The van der Waals surface area contributed by atoms with Crippen LogP contribution < -0.4 is 21.3 Å². The highest BCUT2D eigenvalue weighted by Gasteiger charge is 2.17. The summed E-state index contributed by atoms with van der Waals surface area (Å²) in [6.45, 7) is 5.94. The first-order chi connectivity index (χ1) is 12.0. The van der Waals surface area contributed by atoms with Crippen molar-refractivity contribution in [1.29, 1.82) is 0 Å². The third-order valence-electron chi connectivity index (χ3n) is 4.42. The van der Waals surface area contributed by atoms with Gasteiger partial charge >= 0.3 is 0 Å². The van der Waals surface area contributed by atoms with Crippen LogP contribution in [0.3, 0.4) is 0 Å². The van der Waals surface area contributed by atoms with Crippen LogP contribution in [0.5, 0.6) is 0 Å². The normalized spacial score (nSPS) is 15.7. The molecule has 4 N–H and O–H groups in total. The van der Waals surface area contributed by atoms with Gasteiger partial charge in [0.15, 0.2) is 0 Å². The zero-order valence-corrected chi connectivity index (χ0v) is 16.5. The van der Waals surface area contributed by atoms with E-state index in [2.05, 4.69) is 21.6 Å². The van der Waals surface area contributed by atoms with Gasteiger partial charge in [0.2, 0.25) is 11.8 Å². The van der Waals surface area contributed by atoms with Crippen molar-refractivity contribution < 1.29 is 9.59 Å². The molecule has 0 aromatic heterocycles. The highest BCUT2D eigenvalue weighted by atomic mass is 35.5. The summed E-state index contributed by atoms with van der Waals surface area (Å²) in [4.78, 5) is 26.5. The maximum Gasteiger partial charge on any atom is 0.237 e. The van der Waals surface area contributed by atoms with E-state index in [1.807, 2.05) is 32.0 Å². The second kappa shape index (κ2) is 11.0. The lowest BCUT2D eigenvalue weighted by Crippen LogP contribution is -2.45. The van der Waals surface area contributed by atoms with Crippen LogP contribution in [0, 0.1) is 0 Å². The smallest absolute Gasteiger partial charge is 0.237 e. The molecule has 0 spiro atoms. The number of anilines is 2. The largest absolute Gasteiger partial charge is 0.371 e. The Balaban J connectivity index is 0.00000338. The van der Waals surface area contributed by atoms with Gasteiger partial charge in [0, 0.05) is 36.9 Å². The lowest BCUT2D eigenvalue weighted by atomic mass is 10.1. The zero-order valence-electron chi connectivity index (χ0n) is 15.7. The molecule has 2 amide bonds. The first-order valence-electron chi connectivity index (χ1n) is 9.20. The number of nitrogens with two attached hydrogens (primary N) is 1.